The van der Waals surface area contributed by atoms with Crippen LogP contribution < -0.4 is 5.32 Å². The van der Waals surface area contributed by atoms with Gasteiger partial charge < -0.3 is 10.1 Å². The first-order valence-corrected chi connectivity index (χ1v) is 6.94. The van der Waals surface area contributed by atoms with Crippen LogP contribution in [-0.4, -0.2) is 23.5 Å². The number of aromatic nitrogens is 1. The maximum absolute atomic E-state index is 12.3. The van der Waals surface area contributed by atoms with Gasteiger partial charge in [-0.05, 0) is 19.1 Å². The summed E-state index contributed by atoms with van der Waals surface area (Å²) < 4.78 is 5.00. The third kappa shape index (κ3) is 2.48. The minimum absolute atomic E-state index is 0.225. The van der Waals surface area contributed by atoms with Crippen LogP contribution >= 0.6 is 0 Å². The first-order chi connectivity index (χ1) is 10.7. The number of rotatable bonds is 2. The molecule has 1 aromatic heterocycles. The van der Waals surface area contributed by atoms with Crippen LogP contribution in [0.15, 0.2) is 48.8 Å². The number of nitrogens with zero attached hydrogens (tertiary/aromatic N) is 1. The Morgan fingerprint density at radius 2 is 2.05 bits per heavy atom. The van der Waals surface area contributed by atoms with Gasteiger partial charge in [-0.3, -0.25) is 9.78 Å². The maximum atomic E-state index is 12.3. The molecule has 0 bridgehead atoms. The highest BCUT2D eigenvalue weighted by atomic mass is 16.5. The predicted octanol–water partition coefficient (Wildman–Crippen LogP) is 2.64. The van der Waals surface area contributed by atoms with E-state index in [0.717, 1.165) is 5.56 Å². The Morgan fingerprint density at radius 3 is 2.86 bits per heavy atom. The zero-order valence-corrected chi connectivity index (χ0v) is 12.0. The Balaban J connectivity index is 2.24. The van der Waals surface area contributed by atoms with Crippen molar-refractivity contribution in [1.29, 1.82) is 0 Å². The van der Waals surface area contributed by atoms with Crippen LogP contribution in [0.3, 0.4) is 0 Å². The summed E-state index contributed by atoms with van der Waals surface area (Å²) in [6, 6.07) is 8.96. The predicted molar refractivity (Wildman–Crippen MR) is 82.3 cm³/mol. The molecule has 0 saturated heterocycles. The fourth-order valence-corrected chi connectivity index (χ4v) is 2.43. The number of benzene rings is 1. The number of hydrogen-bond donors (Lipinski definition) is 1. The molecule has 1 aromatic carbocycles. The van der Waals surface area contributed by atoms with Gasteiger partial charge in [-0.15, -0.1) is 0 Å². The number of anilines is 1. The molecule has 0 unspecified atom stereocenters. The van der Waals surface area contributed by atoms with E-state index in [0.29, 0.717) is 29.0 Å². The van der Waals surface area contributed by atoms with Crippen LogP contribution in [0.5, 0.6) is 0 Å². The molecule has 1 aliphatic heterocycles. The lowest BCUT2D eigenvalue weighted by Gasteiger charge is -2.09. The van der Waals surface area contributed by atoms with Gasteiger partial charge >= 0.3 is 5.97 Å². The number of carbonyl (C=O) groups is 2. The molecule has 2 aromatic rings. The van der Waals surface area contributed by atoms with Crippen molar-refractivity contribution in [3.05, 3.63) is 65.5 Å². The van der Waals surface area contributed by atoms with Crippen molar-refractivity contribution in [2.75, 3.05) is 11.9 Å². The van der Waals surface area contributed by atoms with Crippen molar-refractivity contribution in [2.24, 2.45) is 0 Å². The molecule has 5 nitrogen and oxygen atoms in total. The van der Waals surface area contributed by atoms with Crippen molar-refractivity contribution in [3.63, 3.8) is 0 Å². The van der Waals surface area contributed by atoms with Gasteiger partial charge in [0.25, 0.3) is 5.91 Å². The molecule has 5 heteroatoms. The van der Waals surface area contributed by atoms with Gasteiger partial charge in [-0.2, -0.15) is 0 Å². The summed E-state index contributed by atoms with van der Waals surface area (Å²) in [6.45, 7) is 2.04. The number of carbonyl (C=O) groups excluding carboxylic acids is 2. The molecule has 1 aliphatic rings. The summed E-state index contributed by atoms with van der Waals surface area (Å²) >= 11 is 0. The molecule has 1 amide bonds. The average Bonchev–Trinajstić information content (AvgIpc) is 2.64. The van der Waals surface area contributed by atoms with Gasteiger partial charge in [0.1, 0.15) is 0 Å². The van der Waals surface area contributed by atoms with E-state index >= 15 is 0 Å². The van der Waals surface area contributed by atoms with Gasteiger partial charge in [0.05, 0.1) is 12.2 Å². The molecule has 0 spiro atoms. The monoisotopic (exact) mass is 294 g/mol. The zero-order chi connectivity index (χ0) is 15.5. The third-order valence-electron chi connectivity index (χ3n) is 3.37. The number of fused-ring (bicyclic) bond motifs is 2. The van der Waals surface area contributed by atoms with E-state index in [9.17, 15) is 9.59 Å². The lowest BCUT2D eigenvalue weighted by atomic mass is 9.95. The Labute approximate surface area is 127 Å². The second-order valence-electron chi connectivity index (χ2n) is 4.73. The van der Waals surface area contributed by atoms with E-state index in [1.165, 1.54) is 6.08 Å². The van der Waals surface area contributed by atoms with Crippen LogP contribution in [0, 0.1) is 0 Å². The smallest absolute Gasteiger partial charge is 0.331 e. The van der Waals surface area contributed by atoms with Gasteiger partial charge in [-0.25, -0.2) is 4.79 Å². The summed E-state index contributed by atoms with van der Waals surface area (Å²) in [6.07, 6.45) is 4.54. The van der Waals surface area contributed by atoms with Crippen LogP contribution in [0.2, 0.25) is 0 Å². The van der Waals surface area contributed by atoms with Crippen molar-refractivity contribution in [2.45, 2.75) is 6.92 Å². The lowest BCUT2D eigenvalue weighted by molar-refractivity contribution is -0.137. The molecular weight excluding hydrogens is 280 g/mol. The van der Waals surface area contributed by atoms with Crippen molar-refractivity contribution < 1.29 is 14.3 Å². The summed E-state index contributed by atoms with van der Waals surface area (Å²) in [5, 5.41) is 2.85. The van der Waals surface area contributed by atoms with Crippen molar-refractivity contribution in [3.8, 4) is 0 Å². The number of nitrogens with one attached hydrogen (secondary N) is 1. The molecule has 3 rings (SSSR count). The van der Waals surface area contributed by atoms with Crippen LogP contribution in [0.25, 0.3) is 5.57 Å². The van der Waals surface area contributed by atoms with Crippen molar-refractivity contribution in [1.82, 2.24) is 4.98 Å². The van der Waals surface area contributed by atoms with E-state index in [2.05, 4.69) is 10.3 Å². The first-order valence-electron chi connectivity index (χ1n) is 6.94. The molecule has 22 heavy (non-hydrogen) atoms. The maximum Gasteiger partial charge on any atom is 0.331 e. The fourth-order valence-electron chi connectivity index (χ4n) is 2.43. The van der Waals surface area contributed by atoms with E-state index < -0.39 is 5.97 Å². The number of esters is 1. The highest BCUT2D eigenvalue weighted by molar-refractivity contribution is 6.14. The van der Waals surface area contributed by atoms with Gasteiger partial charge in [0.2, 0.25) is 0 Å². The molecular formula is C17H14N2O3. The molecule has 1 N–H and O–H groups in total. The normalized spacial score (nSPS) is 14.6. The second-order valence-corrected chi connectivity index (χ2v) is 4.73. The first kappa shape index (κ1) is 14.0. The SMILES string of the molecule is CCOC(=O)C=C1c2ccccc2NC(=O)c2ccncc21. The minimum Gasteiger partial charge on any atom is -0.463 e. The zero-order valence-electron chi connectivity index (χ0n) is 12.0. The number of pyridine rings is 1. The van der Waals surface area contributed by atoms with Gasteiger partial charge in [-0.1, -0.05) is 18.2 Å². The second kappa shape index (κ2) is 5.81. The summed E-state index contributed by atoms with van der Waals surface area (Å²) in [5.74, 6) is -0.673. The summed E-state index contributed by atoms with van der Waals surface area (Å²) in [4.78, 5) is 28.3. The molecule has 0 aliphatic carbocycles. The molecule has 0 atom stereocenters. The Hall–Kier alpha value is -2.95. The molecule has 0 radical (unpaired) electrons. The van der Waals surface area contributed by atoms with Crippen LogP contribution in [-0.2, 0) is 9.53 Å². The lowest BCUT2D eigenvalue weighted by Crippen LogP contribution is -2.11. The number of ether oxygens (including phenoxy) is 1. The number of para-hydroxylation sites is 1. The Bertz CT molecular complexity index is 781. The topological polar surface area (TPSA) is 68.3 Å². The average molecular weight is 294 g/mol. The largest absolute Gasteiger partial charge is 0.463 e. The highest BCUT2D eigenvalue weighted by Gasteiger charge is 2.23. The number of hydrogen-bond acceptors (Lipinski definition) is 4. The molecule has 0 fully saturated rings. The van der Waals surface area contributed by atoms with E-state index in [1.807, 2.05) is 18.2 Å². The third-order valence-corrected chi connectivity index (χ3v) is 3.37. The van der Waals surface area contributed by atoms with Crippen LogP contribution in [0.1, 0.15) is 28.4 Å². The van der Waals surface area contributed by atoms with Crippen molar-refractivity contribution >= 4 is 23.1 Å². The van der Waals surface area contributed by atoms with E-state index in [1.54, 1.807) is 31.5 Å². The molecule has 0 saturated carbocycles. The minimum atomic E-state index is -0.448. The van der Waals surface area contributed by atoms with E-state index in [4.69, 9.17) is 4.74 Å². The quantitative estimate of drug-likeness (QED) is 0.683. The molecule has 2 heterocycles. The number of amides is 1. The Morgan fingerprint density at radius 1 is 1.23 bits per heavy atom. The molecule has 110 valence electrons. The van der Waals surface area contributed by atoms with Gasteiger partial charge in [0, 0.05) is 40.9 Å². The van der Waals surface area contributed by atoms with Gasteiger partial charge in [0.15, 0.2) is 0 Å². The van der Waals surface area contributed by atoms with Crippen LogP contribution in [0.4, 0.5) is 5.69 Å². The summed E-state index contributed by atoms with van der Waals surface area (Å²) in [7, 11) is 0. The standard InChI is InChI=1S/C17H14N2O3/c1-2-22-16(20)9-13-11-5-3-4-6-15(11)19-17(21)12-7-8-18-10-14(12)13/h3-10H,2H2,1H3,(H,19,21). The fraction of sp³-hybridized carbons (Fsp3) is 0.118. The summed E-state index contributed by atoms with van der Waals surface area (Å²) in [5.41, 5.74) is 3.12. The highest BCUT2D eigenvalue weighted by Crippen LogP contribution is 2.34. The Kier molecular flexibility index (Phi) is 3.70. The van der Waals surface area contributed by atoms with E-state index in [-0.39, 0.29) is 5.91 Å².